The van der Waals surface area contributed by atoms with Gasteiger partial charge in [-0.2, -0.15) is 0 Å². The van der Waals surface area contributed by atoms with Gasteiger partial charge in [-0.15, -0.1) is 0 Å². The number of aliphatic hydroxyl groups excluding tert-OH is 1. The maximum atomic E-state index is 12.4. The van der Waals surface area contributed by atoms with Gasteiger partial charge in [0.2, 0.25) is 5.91 Å². The molecule has 0 bridgehead atoms. The predicted molar refractivity (Wildman–Crippen MR) is 146 cm³/mol. The van der Waals surface area contributed by atoms with Gasteiger partial charge in [0.15, 0.2) is 0 Å². The van der Waals surface area contributed by atoms with E-state index >= 15 is 0 Å². The second kappa shape index (κ2) is 12.7. The number of nitrogens with zero attached hydrogens (tertiary/aromatic N) is 2. The Hall–Kier alpha value is -2.67. The number of morpholine rings is 1. The van der Waals surface area contributed by atoms with Gasteiger partial charge in [0.05, 0.1) is 13.2 Å². The molecule has 1 amide bonds. The number of amides is 1. The van der Waals surface area contributed by atoms with Crippen LogP contribution < -0.4 is 4.74 Å². The van der Waals surface area contributed by atoms with Gasteiger partial charge in [0, 0.05) is 31.3 Å². The van der Waals surface area contributed by atoms with Crippen LogP contribution in [0.5, 0.6) is 5.75 Å². The first-order chi connectivity index (χ1) is 18.2. The second-order valence-corrected chi connectivity index (χ2v) is 10.6. The summed E-state index contributed by atoms with van der Waals surface area (Å²) in [6.45, 7) is 5.27. The van der Waals surface area contributed by atoms with E-state index in [4.69, 9.17) is 9.47 Å². The topological polar surface area (TPSA) is 62.2 Å². The molecule has 2 aliphatic heterocycles. The maximum absolute atomic E-state index is 12.4. The highest BCUT2D eigenvalue weighted by Gasteiger charge is 2.23. The highest BCUT2D eigenvalue weighted by atomic mass is 16.5. The molecule has 1 aliphatic carbocycles. The molecule has 1 N–H and O–H groups in total. The van der Waals surface area contributed by atoms with Gasteiger partial charge >= 0.3 is 0 Å². The fraction of sp³-hybridized carbons (Fsp3) is 0.516. The van der Waals surface area contributed by atoms with Crippen LogP contribution in [0.3, 0.4) is 0 Å². The molecule has 0 radical (unpaired) electrons. The normalized spacial score (nSPS) is 20.1. The summed E-state index contributed by atoms with van der Waals surface area (Å²) in [5.74, 6) is 1.28. The van der Waals surface area contributed by atoms with Crippen molar-refractivity contribution in [3.8, 4) is 5.75 Å². The van der Waals surface area contributed by atoms with Crippen molar-refractivity contribution in [1.82, 2.24) is 9.80 Å². The minimum Gasteiger partial charge on any atom is -0.490 e. The van der Waals surface area contributed by atoms with Gasteiger partial charge < -0.3 is 24.4 Å². The van der Waals surface area contributed by atoms with E-state index in [2.05, 4.69) is 23.1 Å². The Balaban J connectivity index is 1.08. The van der Waals surface area contributed by atoms with Gasteiger partial charge in [0.25, 0.3) is 0 Å². The Morgan fingerprint density at radius 3 is 2.59 bits per heavy atom. The molecule has 0 saturated carbocycles. The summed E-state index contributed by atoms with van der Waals surface area (Å²) in [6.07, 6.45) is 10.2. The Morgan fingerprint density at radius 1 is 1.03 bits per heavy atom. The molecular weight excluding hydrogens is 464 g/mol. The maximum Gasteiger partial charge on any atom is 0.246 e. The second-order valence-electron chi connectivity index (χ2n) is 10.6. The van der Waals surface area contributed by atoms with Crippen LogP contribution in [0, 0.1) is 0 Å². The standard InChI is InChI=1S/C31H40N2O4/c34-29(22-32-15-13-25(14-16-32)28-10-9-24-5-1-2-7-27(24)21-28)23-37-30-8-4-3-6-26(30)11-12-31(35)33-17-19-36-20-18-33/h3-4,6,8-12,21,25,29,34H,1-2,5,7,13-20,22-23H2/t29-/m1/s1. The first-order valence-electron chi connectivity index (χ1n) is 13.9. The number of para-hydroxylation sites is 1. The minimum absolute atomic E-state index is 0.0167. The largest absolute Gasteiger partial charge is 0.490 e. The van der Waals surface area contributed by atoms with Crippen LogP contribution in [0.2, 0.25) is 0 Å². The number of likely N-dealkylation sites (tertiary alicyclic amines) is 1. The third kappa shape index (κ3) is 7.01. The molecule has 198 valence electrons. The number of β-amino-alcohol motifs (C(OH)–C–C–N with tert-alkyl or cyclic N) is 1. The van der Waals surface area contributed by atoms with Crippen molar-refractivity contribution in [2.75, 3.05) is 52.5 Å². The third-order valence-corrected chi connectivity index (χ3v) is 7.98. The number of aryl methyl sites for hydroxylation is 2. The molecule has 2 aromatic rings. The van der Waals surface area contributed by atoms with E-state index < -0.39 is 6.10 Å². The van der Waals surface area contributed by atoms with Gasteiger partial charge in [-0.3, -0.25) is 4.79 Å². The summed E-state index contributed by atoms with van der Waals surface area (Å²) >= 11 is 0. The third-order valence-electron chi connectivity index (χ3n) is 7.98. The van der Waals surface area contributed by atoms with E-state index in [1.807, 2.05) is 24.3 Å². The van der Waals surface area contributed by atoms with Crippen LogP contribution in [0.25, 0.3) is 6.08 Å². The van der Waals surface area contributed by atoms with E-state index in [1.54, 1.807) is 28.2 Å². The molecule has 3 aliphatic rings. The van der Waals surface area contributed by atoms with E-state index in [1.165, 1.54) is 31.2 Å². The monoisotopic (exact) mass is 504 g/mol. The number of aliphatic hydroxyl groups is 1. The zero-order chi connectivity index (χ0) is 25.5. The first kappa shape index (κ1) is 26.0. The Kier molecular flexibility index (Phi) is 8.93. The smallest absolute Gasteiger partial charge is 0.246 e. The molecule has 0 aromatic heterocycles. The number of hydrogen-bond donors (Lipinski definition) is 1. The van der Waals surface area contributed by atoms with Crippen molar-refractivity contribution in [1.29, 1.82) is 0 Å². The molecule has 6 heteroatoms. The van der Waals surface area contributed by atoms with E-state index in [0.29, 0.717) is 44.5 Å². The fourth-order valence-corrected chi connectivity index (χ4v) is 5.79. The minimum atomic E-state index is -0.563. The number of benzene rings is 2. The Labute approximate surface area is 220 Å². The van der Waals surface area contributed by atoms with Crippen LogP contribution in [-0.2, 0) is 22.4 Å². The molecule has 2 fully saturated rings. The molecule has 37 heavy (non-hydrogen) atoms. The van der Waals surface area contributed by atoms with Crippen LogP contribution in [0.4, 0.5) is 0 Å². The number of rotatable bonds is 8. The molecule has 0 unspecified atom stereocenters. The lowest BCUT2D eigenvalue weighted by molar-refractivity contribution is -0.129. The molecule has 2 heterocycles. The SMILES string of the molecule is O=C(C=Cc1ccccc1OC[C@H](O)CN1CCC(c2ccc3c(c2)CCCC3)CC1)N1CCOCC1. The summed E-state index contributed by atoms with van der Waals surface area (Å²) in [4.78, 5) is 16.6. The quantitative estimate of drug-likeness (QED) is 0.550. The van der Waals surface area contributed by atoms with Crippen molar-refractivity contribution in [3.05, 3.63) is 70.8 Å². The summed E-state index contributed by atoms with van der Waals surface area (Å²) in [7, 11) is 0. The molecular formula is C31H40N2O4. The lowest BCUT2D eigenvalue weighted by Gasteiger charge is -2.33. The highest BCUT2D eigenvalue weighted by molar-refractivity contribution is 5.92. The fourth-order valence-electron chi connectivity index (χ4n) is 5.79. The Morgan fingerprint density at radius 2 is 1.78 bits per heavy atom. The van der Waals surface area contributed by atoms with Crippen LogP contribution >= 0.6 is 0 Å². The van der Waals surface area contributed by atoms with Crippen LogP contribution in [0.15, 0.2) is 48.5 Å². The number of carbonyl (C=O) groups is 1. The van der Waals surface area contributed by atoms with Crippen molar-refractivity contribution < 1.29 is 19.4 Å². The van der Waals surface area contributed by atoms with E-state index in [0.717, 1.165) is 31.5 Å². The zero-order valence-corrected chi connectivity index (χ0v) is 21.8. The molecule has 1 atom stereocenters. The molecule has 0 spiro atoms. The number of carbonyl (C=O) groups excluding carboxylic acids is 1. The van der Waals surface area contributed by atoms with Crippen LogP contribution in [0.1, 0.15) is 53.9 Å². The van der Waals surface area contributed by atoms with Gasteiger partial charge in [-0.1, -0.05) is 36.4 Å². The van der Waals surface area contributed by atoms with Crippen molar-refractivity contribution in [2.24, 2.45) is 0 Å². The van der Waals surface area contributed by atoms with Crippen molar-refractivity contribution in [2.45, 2.75) is 50.5 Å². The summed E-state index contributed by atoms with van der Waals surface area (Å²) in [5, 5.41) is 10.7. The number of piperidine rings is 1. The summed E-state index contributed by atoms with van der Waals surface area (Å²) in [5.41, 5.74) is 5.46. The summed E-state index contributed by atoms with van der Waals surface area (Å²) in [6, 6.07) is 14.8. The van der Waals surface area contributed by atoms with Crippen molar-refractivity contribution in [3.63, 3.8) is 0 Å². The van der Waals surface area contributed by atoms with Crippen LogP contribution in [-0.4, -0.2) is 79.5 Å². The highest BCUT2D eigenvalue weighted by Crippen LogP contribution is 2.31. The molecule has 5 rings (SSSR count). The number of fused-ring (bicyclic) bond motifs is 1. The number of ether oxygens (including phenoxy) is 2. The van der Waals surface area contributed by atoms with E-state index in [-0.39, 0.29) is 12.5 Å². The average molecular weight is 505 g/mol. The lowest BCUT2D eigenvalue weighted by Crippen LogP contribution is -2.40. The molecule has 6 nitrogen and oxygen atoms in total. The van der Waals surface area contributed by atoms with Gasteiger partial charge in [-0.05, 0) is 86.4 Å². The first-order valence-corrected chi connectivity index (χ1v) is 13.9. The predicted octanol–water partition coefficient (Wildman–Crippen LogP) is 4.06. The Bertz CT molecular complexity index is 1070. The lowest BCUT2D eigenvalue weighted by atomic mass is 9.84. The molecule has 2 saturated heterocycles. The average Bonchev–Trinajstić information content (AvgIpc) is 2.96. The zero-order valence-electron chi connectivity index (χ0n) is 21.8. The summed E-state index contributed by atoms with van der Waals surface area (Å²) < 4.78 is 11.3. The number of hydrogen-bond acceptors (Lipinski definition) is 5. The molecule has 2 aromatic carbocycles. The van der Waals surface area contributed by atoms with Gasteiger partial charge in [0.1, 0.15) is 18.5 Å². The van der Waals surface area contributed by atoms with Crippen molar-refractivity contribution >= 4 is 12.0 Å². The van der Waals surface area contributed by atoms with E-state index in [9.17, 15) is 9.90 Å². The van der Waals surface area contributed by atoms with Gasteiger partial charge in [-0.25, -0.2) is 0 Å².